The summed E-state index contributed by atoms with van der Waals surface area (Å²) in [6, 6.07) is 2.38. The highest BCUT2D eigenvalue weighted by Crippen LogP contribution is 2.40. The van der Waals surface area contributed by atoms with Gasteiger partial charge in [0.25, 0.3) is 5.91 Å². The fourth-order valence-corrected chi connectivity index (χ4v) is 5.61. The van der Waals surface area contributed by atoms with Crippen LogP contribution >= 0.6 is 0 Å². The van der Waals surface area contributed by atoms with E-state index in [0.29, 0.717) is 24.2 Å². The van der Waals surface area contributed by atoms with Crippen LogP contribution < -0.4 is 5.32 Å². The largest absolute Gasteiger partial charge is 0.414 e. The summed E-state index contributed by atoms with van der Waals surface area (Å²) in [5.74, 6) is -1.30. The minimum atomic E-state index is -4.39. The third-order valence-electron chi connectivity index (χ3n) is 7.40. The number of carbonyl (C=O) groups is 2. The Hall–Kier alpha value is -3.02. The lowest BCUT2D eigenvalue weighted by atomic mass is 9.89. The van der Waals surface area contributed by atoms with E-state index in [4.69, 9.17) is 4.74 Å². The number of nitrogens with one attached hydrogen (secondary N) is 2. The van der Waals surface area contributed by atoms with Crippen molar-refractivity contribution in [3.63, 3.8) is 0 Å². The Balaban J connectivity index is 1.20. The van der Waals surface area contributed by atoms with E-state index in [1.807, 2.05) is 0 Å². The van der Waals surface area contributed by atoms with Gasteiger partial charge in [-0.3, -0.25) is 19.7 Å². The minimum absolute atomic E-state index is 0.129. The van der Waals surface area contributed by atoms with Crippen molar-refractivity contribution >= 4 is 11.8 Å². The number of rotatable bonds is 4. The average molecular weight is 510 g/mol. The summed E-state index contributed by atoms with van der Waals surface area (Å²) in [6.07, 6.45) is -2.55. The first kappa shape index (κ1) is 24.7. The highest BCUT2D eigenvalue weighted by molar-refractivity contribution is 5.94. The maximum absolute atomic E-state index is 14.2. The number of aromatic nitrogens is 3. The summed E-state index contributed by atoms with van der Waals surface area (Å²) >= 11 is 0. The summed E-state index contributed by atoms with van der Waals surface area (Å²) in [5, 5.41) is 9.68. The van der Waals surface area contributed by atoms with Crippen molar-refractivity contribution in [2.75, 3.05) is 6.61 Å². The van der Waals surface area contributed by atoms with E-state index in [1.54, 1.807) is 17.9 Å². The molecule has 3 fully saturated rings. The molecule has 2 aromatic heterocycles. The molecule has 2 amide bonds. The molecule has 0 saturated carbocycles. The molecule has 0 aromatic carbocycles. The van der Waals surface area contributed by atoms with Gasteiger partial charge in [-0.05, 0) is 57.6 Å². The van der Waals surface area contributed by atoms with Gasteiger partial charge in [0.05, 0.1) is 24.5 Å². The molecular weight excluding hydrogens is 482 g/mol. The molecule has 36 heavy (non-hydrogen) atoms. The number of alkyl halides is 3. The molecule has 194 valence electrons. The number of halogens is 4. The molecule has 0 spiro atoms. The van der Waals surface area contributed by atoms with Crippen molar-refractivity contribution < 1.29 is 31.9 Å². The molecule has 5 atom stereocenters. The molecule has 2 aromatic rings. The number of amides is 2. The quantitative estimate of drug-likeness (QED) is 0.615. The standard InChI is InChI=1S/C24H27F4N5O3/c1-12-6-17(18(25)10-29-12)19-9-20(32-31-19)23(35)33-15-3-4-16(33)8-13(7-15)22(34)30-14-2-5-21(36-11-14)24(26,27)28/h6,9-10,13-16,21H,2-5,7-8,11H2,1H3,(H,30,34)(H,31,32)/t13?,14-,15-,16?,21?/m1/s1. The second-order valence-electron chi connectivity index (χ2n) is 9.88. The number of ether oxygens (including phenoxy) is 1. The van der Waals surface area contributed by atoms with Crippen molar-refractivity contribution in [3.05, 3.63) is 35.5 Å². The Morgan fingerprint density at radius 1 is 1.14 bits per heavy atom. The van der Waals surface area contributed by atoms with Gasteiger partial charge >= 0.3 is 6.18 Å². The third-order valence-corrected chi connectivity index (χ3v) is 7.40. The topological polar surface area (TPSA) is 100 Å². The van der Waals surface area contributed by atoms with Crippen LogP contribution in [0.15, 0.2) is 18.3 Å². The van der Waals surface area contributed by atoms with Gasteiger partial charge in [0, 0.05) is 29.3 Å². The molecule has 2 N–H and O–H groups in total. The van der Waals surface area contributed by atoms with Crippen LogP contribution in [0.2, 0.25) is 0 Å². The summed E-state index contributed by atoms with van der Waals surface area (Å²) < 4.78 is 57.5. The fourth-order valence-electron chi connectivity index (χ4n) is 5.61. The molecule has 5 heterocycles. The molecule has 3 aliphatic heterocycles. The zero-order chi connectivity index (χ0) is 25.6. The monoisotopic (exact) mass is 509 g/mol. The second kappa shape index (κ2) is 9.45. The Kier molecular flexibility index (Phi) is 6.48. The SMILES string of the molecule is Cc1cc(-c2cc(C(=O)N3C4CC[C@@H]3CC(C(=O)N[C@@H]3CCC(C(F)(F)F)OC3)C4)[nH]n2)c(F)cn1. The first-order valence-electron chi connectivity index (χ1n) is 12.1. The number of fused-ring (bicyclic) bond motifs is 2. The van der Waals surface area contributed by atoms with E-state index >= 15 is 0 Å². The maximum Gasteiger partial charge on any atom is 0.414 e. The van der Waals surface area contributed by atoms with Crippen LogP contribution in [-0.4, -0.2) is 68.9 Å². The predicted molar refractivity (Wildman–Crippen MR) is 119 cm³/mol. The normalized spacial score (nSPS) is 28.2. The van der Waals surface area contributed by atoms with Crippen LogP contribution in [0, 0.1) is 18.7 Å². The second-order valence-corrected chi connectivity index (χ2v) is 9.88. The molecule has 3 saturated heterocycles. The summed E-state index contributed by atoms with van der Waals surface area (Å²) in [5.41, 5.74) is 1.44. The number of pyridine rings is 1. The lowest BCUT2D eigenvalue weighted by Crippen LogP contribution is -2.52. The molecule has 5 rings (SSSR count). The lowest BCUT2D eigenvalue weighted by molar-refractivity contribution is -0.232. The van der Waals surface area contributed by atoms with Crippen LogP contribution in [-0.2, 0) is 9.53 Å². The zero-order valence-corrected chi connectivity index (χ0v) is 19.6. The molecule has 0 aliphatic carbocycles. The van der Waals surface area contributed by atoms with Gasteiger partial charge in [-0.15, -0.1) is 0 Å². The average Bonchev–Trinajstić information content (AvgIpc) is 3.42. The number of aromatic amines is 1. The van der Waals surface area contributed by atoms with Crippen molar-refractivity contribution in [1.29, 1.82) is 0 Å². The van der Waals surface area contributed by atoms with Gasteiger partial charge in [0.15, 0.2) is 11.9 Å². The van der Waals surface area contributed by atoms with Gasteiger partial charge in [-0.25, -0.2) is 4.39 Å². The smallest absolute Gasteiger partial charge is 0.367 e. The third kappa shape index (κ3) is 4.82. The number of carbonyl (C=O) groups excluding carboxylic acids is 2. The summed E-state index contributed by atoms with van der Waals surface area (Å²) in [4.78, 5) is 31.9. The van der Waals surface area contributed by atoms with Crippen LogP contribution in [0.3, 0.4) is 0 Å². The molecule has 8 nitrogen and oxygen atoms in total. The van der Waals surface area contributed by atoms with Crippen LogP contribution in [0.5, 0.6) is 0 Å². The first-order valence-corrected chi connectivity index (χ1v) is 12.1. The van der Waals surface area contributed by atoms with Gasteiger partial charge in [0.1, 0.15) is 5.69 Å². The van der Waals surface area contributed by atoms with Gasteiger partial charge in [0.2, 0.25) is 5.91 Å². The Bertz CT molecular complexity index is 1130. The molecule has 2 bridgehead atoms. The molecule has 12 heteroatoms. The van der Waals surface area contributed by atoms with Crippen molar-refractivity contribution in [1.82, 2.24) is 25.4 Å². The van der Waals surface area contributed by atoms with E-state index < -0.39 is 24.1 Å². The fraction of sp³-hybridized carbons (Fsp3) is 0.583. The van der Waals surface area contributed by atoms with Crippen molar-refractivity contribution in [3.8, 4) is 11.3 Å². The highest BCUT2D eigenvalue weighted by Gasteiger charge is 2.47. The molecule has 0 radical (unpaired) electrons. The maximum atomic E-state index is 14.2. The Morgan fingerprint density at radius 3 is 2.50 bits per heavy atom. The van der Waals surface area contributed by atoms with E-state index in [0.717, 1.165) is 19.0 Å². The highest BCUT2D eigenvalue weighted by atomic mass is 19.4. The first-order chi connectivity index (χ1) is 17.1. The minimum Gasteiger partial charge on any atom is -0.367 e. The number of aryl methyl sites for hydroxylation is 1. The van der Waals surface area contributed by atoms with Crippen molar-refractivity contribution in [2.45, 2.75) is 75.9 Å². The number of H-pyrrole nitrogens is 1. The van der Waals surface area contributed by atoms with Gasteiger partial charge in [-0.2, -0.15) is 18.3 Å². The number of piperidine rings is 1. The van der Waals surface area contributed by atoms with E-state index in [-0.39, 0.29) is 60.5 Å². The Labute approximate surface area is 204 Å². The number of nitrogens with zero attached hydrogens (tertiary/aromatic N) is 3. The van der Waals surface area contributed by atoms with Crippen LogP contribution in [0.4, 0.5) is 17.6 Å². The Morgan fingerprint density at radius 2 is 1.86 bits per heavy atom. The van der Waals surface area contributed by atoms with Gasteiger partial charge < -0.3 is 15.0 Å². The van der Waals surface area contributed by atoms with Gasteiger partial charge in [-0.1, -0.05) is 0 Å². The molecular formula is C24H27F4N5O3. The van der Waals surface area contributed by atoms with Crippen LogP contribution in [0.1, 0.15) is 54.7 Å². The summed E-state index contributed by atoms with van der Waals surface area (Å²) in [6.45, 7) is 1.57. The van der Waals surface area contributed by atoms with E-state index in [9.17, 15) is 27.2 Å². The summed E-state index contributed by atoms with van der Waals surface area (Å²) in [7, 11) is 0. The molecule has 3 unspecified atom stereocenters. The number of hydrogen-bond acceptors (Lipinski definition) is 5. The van der Waals surface area contributed by atoms with Crippen molar-refractivity contribution in [2.24, 2.45) is 5.92 Å². The van der Waals surface area contributed by atoms with Crippen LogP contribution in [0.25, 0.3) is 11.3 Å². The molecule has 3 aliphatic rings. The van der Waals surface area contributed by atoms with E-state index in [2.05, 4.69) is 20.5 Å². The predicted octanol–water partition coefficient (Wildman–Crippen LogP) is 3.53. The number of hydrogen-bond donors (Lipinski definition) is 2. The van der Waals surface area contributed by atoms with E-state index in [1.165, 1.54) is 6.07 Å². The zero-order valence-electron chi connectivity index (χ0n) is 19.6. The lowest BCUT2D eigenvalue weighted by Gasteiger charge is -2.39.